The summed E-state index contributed by atoms with van der Waals surface area (Å²) in [6.07, 6.45) is 1.24. The summed E-state index contributed by atoms with van der Waals surface area (Å²) in [5, 5.41) is 14.7. The van der Waals surface area contributed by atoms with Gasteiger partial charge in [-0.05, 0) is 11.8 Å². The second-order valence-corrected chi connectivity index (χ2v) is 5.61. The zero-order valence-electron chi connectivity index (χ0n) is 10.8. The zero-order valence-corrected chi connectivity index (χ0v) is 10.8. The maximum absolute atomic E-state index is 4.25. The summed E-state index contributed by atoms with van der Waals surface area (Å²) < 4.78 is 0. The number of nitrogens with zero attached hydrogens (tertiary/aromatic N) is 2. The fraction of sp³-hybridized carbons (Fsp3) is 0.429. The van der Waals surface area contributed by atoms with Crippen molar-refractivity contribution in [2.24, 2.45) is 5.41 Å². The van der Waals surface area contributed by atoms with Crippen LogP contribution in [-0.2, 0) is 6.54 Å². The minimum absolute atomic E-state index is 0.441. The third-order valence-corrected chi connectivity index (χ3v) is 3.70. The molecule has 18 heavy (non-hydrogen) atoms. The second-order valence-electron chi connectivity index (χ2n) is 5.61. The lowest BCUT2D eigenvalue weighted by Crippen LogP contribution is -2.20. The summed E-state index contributed by atoms with van der Waals surface area (Å²) in [6.45, 7) is 5.34. The van der Waals surface area contributed by atoms with E-state index in [9.17, 15) is 0 Å². The highest BCUT2D eigenvalue weighted by molar-refractivity contribution is 5.60. The Hall–Kier alpha value is -1.68. The molecule has 4 heteroatoms. The Morgan fingerprint density at radius 1 is 1.28 bits per heavy atom. The number of benzene rings is 1. The largest absolute Gasteiger partial charge is 0.308 e. The Kier molecular flexibility index (Phi) is 2.67. The molecule has 1 heterocycles. The van der Waals surface area contributed by atoms with E-state index in [1.54, 1.807) is 0 Å². The molecule has 0 aliphatic heterocycles. The molecule has 1 aromatic heterocycles. The fourth-order valence-electron chi connectivity index (χ4n) is 2.24. The standard InChI is InChI=1S/C14H18N4/c1-14(2)8-12(14)15-9-11-13(17-18-16-11)10-6-4-3-5-7-10/h3-7,12,15H,8-9H2,1-2H3,(H,16,17,18). The van der Waals surface area contributed by atoms with Crippen LogP contribution in [0.2, 0.25) is 0 Å². The summed E-state index contributed by atoms with van der Waals surface area (Å²) >= 11 is 0. The van der Waals surface area contributed by atoms with Crippen molar-refractivity contribution in [3.63, 3.8) is 0 Å². The van der Waals surface area contributed by atoms with Crippen molar-refractivity contribution in [1.29, 1.82) is 0 Å². The molecule has 1 fully saturated rings. The van der Waals surface area contributed by atoms with Crippen LogP contribution in [0.4, 0.5) is 0 Å². The number of aromatic amines is 1. The molecule has 4 nitrogen and oxygen atoms in total. The van der Waals surface area contributed by atoms with Gasteiger partial charge >= 0.3 is 0 Å². The molecule has 1 atom stereocenters. The highest BCUT2D eigenvalue weighted by Crippen LogP contribution is 2.44. The van der Waals surface area contributed by atoms with Crippen LogP contribution in [0.25, 0.3) is 11.3 Å². The van der Waals surface area contributed by atoms with Crippen LogP contribution >= 0.6 is 0 Å². The highest BCUT2D eigenvalue weighted by Gasteiger charge is 2.45. The van der Waals surface area contributed by atoms with Crippen molar-refractivity contribution >= 4 is 0 Å². The number of H-pyrrole nitrogens is 1. The van der Waals surface area contributed by atoms with Gasteiger partial charge in [0.15, 0.2) is 0 Å². The molecule has 0 spiro atoms. The first-order valence-corrected chi connectivity index (χ1v) is 6.35. The van der Waals surface area contributed by atoms with E-state index in [1.807, 2.05) is 18.2 Å². The van der Waals surface area contributed by atoms with E-state index in [4.69, 9.17) is 0 Å². The third-order valence-electron chi connectivity index (χ3n) is 3.70. The number of hydrogen-bond acceptors (Lipinski definition) is 3. The topological polar surface area (TPSA) is 53.6 Å². The molecule has 1 aliphatic rings. The van der Waals surface area contributed by atoms with E-state index < -0.39 is 0 Å². The summed E-state index contributed by atoms with van der Waals surface area (Å²) in [7, 11) is 0. The molecule has 2 aromatic rings. The van der Waals surface area contributed by atoms with Crippen molar-refractivity contribution in [2.75, 3.05) is 0 Å². The average molecular weight is 242 g/mol. The first-order valence-electron chi connectivity index (χ1n) is 6.35. The number of rotatable bonds is 4. The van der Waals surface area contributed by atoms with Crippen molar-refractivity contribution in [3.05, 3.63) is 36.0 Å². The molecule has 1 aliphatic carbocycles. The number of aromatic nitrogens is 3. The van der Waals surface area contributed by atoms with Gasteiger partial charge in [0.25, 0.3) is 0 Å². The van der Waals surface area contributed by atoms with E-state index in [1.165, 1.54) is 6.42 Å². The normalized spacial score (nSPS) is 20.9. The van der Waals surface area contributed by atoms with Crippen LogP contribution in [0.3, 0.4) is 0 Å². The molecule has 0 amide bonds. The van der Waals surface area contributed by atoms with Gasteiger partial charge in [0.1, 0.15) is 11.4 Å². The predicted molar refractivity (Wildman–Crippen MR) is 70.8 cm³/mol. The van der Waals surface area contributed by atoms with Crippen molar-refractivity contribution in [1.82, 2.24) is 20.7 Å². The Bertz CT molecular complexity index is 530. The summed E-state index contributed by atoms with van der Waals surface area (Å²) in [4.78, 5) is 0. The van der Waals surface area contributed by atoms with Gasteiger partial charge in [0.2, 0.25) is 0 Å². The number of hydrogen-bond donors (Lipinski definition) is 2. The van der Waals surface area contributed by atoms with Crippen LogP contribution in [0.5, 0.6) is 0 Å². The molecule has 3 rings (SSSR count). The van der Waals surface area contributed by atoms with Crippen LogP contribution in [-0.4, -0.2) is 21.5 Å². The molecule has 0 bridgehead atoms. The van der Waals surface area contributed by atoms with Gasteiger partial charge in [0.05, 0.1) is 0 Å². The predicted octanol–water partition coefficient (Wildman–Crippen LogP) is 2.36. The van der Waals surface area contributed by atoms with Gasteiger partial charge in [-0.15, -0.1) is 0 Å². The van der Waals surface area contributed by atoms with Gasteiger partial charge in [-0.2, -0.15) is 15.4 Å². The summed E-state index contributed by atoms with van der Waals surface area (Å²) in [5.41, 5.74) is 3.49. The van der Waals surface area contributed by atoms with Gasteiger partial charge in [0, 0.05) is 18.2 Å². The maximum Gasteiger partial charge on any atom is 0.117 e. The van der Waals surface area contributed by atoms with E-state index in [0.29, 0.717) is 11.5 Å². The maximum atomic E-state index is 4.25. The first-order chi connectivity index (χ1) is 8.67. The third kappa shape index (κ3) is 2.16. The Labute approximate surface area is 107 Å². The van der Waals surface area contributed by atoms with Gasteiger partial charge in [-0.1, -0.05) is 44.2 Å². The molecular formula is C14H18N4. The Balaban J connectivity index is 1.72. The van der Waals surface area contributed by atoms with E-state index in [0.717, 1.165) is 23.5 Å². The minimum atomic E-state index is 0.441. The molecule has 1 saturated carbocycles. The lowest BCUT2D eigenvalue weighted by molar-refractivity contribution is 0.538. The van der Waals surface area contributed by atoms with Gasteiger partial charge in [-0.25, -0.2) is 0 Å². The summed E-state index contributed by atoms with van der Waals surface area (Å²) in [5.74, 6) is 0. The number of nitrogens with one attached hydrogen (secondary N) is 2. The second kappa shape index (κ2) is 4.21. The molecule has 2 N–H and O–H groups in total. The van der Waals surface area contributed by atoms with Gasteiger partial charge < -0.3 is 5.32 Å². The molecule has 1 unspecified atom stereocenters. The zero-order chi connectivity index (χ0) is 12.6. The van der Waals surface area contributed by atoms with Gasteiger partial charge in [-0.3, -0.25) is 0 Å². The Morgan fingerprint density at radius 2 is 2.00 bits per heavy atom. The van der Waals surface area contributed by atoms with Crippen LogP contribution < -0.4 is 5.32 Å². The van der Waals surface area contributed by atoms with Crippen molar-refractivity contribution in [3.8, 4) is 11.3 Å². The lowest BCUT2D eigenvalue weighted by Gasteiger charge is -2.05. The molecule has 94 valence electrons. The smallest absolute Gasteiger partial charge is 0.117 e. The Morgan fingerprint density at radius 3 is 2.67 bits per heavy atom. The molecule has 0 radical (unpaired) electrons. The molecule has 0 saturated heterocycles. The molecular weight excluding hydrogens is 224 g/mol. The van der Waals surface area contributed by atoms with E-state index >= 15 is 0 Å². The monoisotopic (exact) mass is 242 g/mol. The van der Waals surface area contributed by atoms with Crippen LogP contribution in [0.1, 0.15) is 26.0 Å². The van der Waals surface area contributed by atoms with Crippen LogP contribution in [0.15, 0.2) is 30.3 Å². The van der Waals surface area contributed by atoms with Crippen molar-refractivity contribution < 1.29 is 0 Å². The highest BCUT2D eigenvalue weighted by atomic mass is 15.3. The summed E-state index contributed by atoms with van der Waals surface area (Å²) in [6, 6.07) is 10.8. The minimum Gasteiger partial charge on any atom is -0.308 e. The SMILES string of the molecule is CC1(C)CC1NCc1n[nH]nc1-c1ccccc1. The first kappa shape index (κ1) is 11.4. The average Bonchev–Trinajstić information content (AvgIpc) is 2.78. The quantitative estimate of drug-likeness (QED) is 0.865. The lowest BCUT2D eigenvalue weighted by atomic mass is 10.1. The molecule has 1 aromatic carbocycles. The van der Waals surface area contributed by atoms with E-state index in [-0.39, 0.29) is 0 Å². The van der Waals surface area contributed by atoms with E-state index in [2.05, 4.69) is 46.7 Å². The van der Waals surface area contributed by atoms with Crippen LogP contribution in [0, 0.1) is 5.41 Å². The van der Waals surface area contributed by atoms with Crippen molar-refractivity contribution in [2.45, 2.75) is 32.9 Å². The fourth-order valence-corrected chi connectivity index (χ4v) is 2.24.